The largest absolute Gasteiger partial charge is 0.207 e. The topological polar surface area (TPSA) is 30.7 Å². The molecule has 0 spiro atoms. The van der Waals surface area contributed by atoms with Gasteiger partial charge in [0.05, 0.1) is 11.9 Å². The van der Waals surface area contributed by atoms with Crippen LogP contribution in [0.3, 0.4) is 0 Å². The molecule has 1 aromatic carbocycles. The lowest BCUT2D eigenvalue weighted by Gasteiger charge is -1.99. The van der Waals surface area contributed by atoms with Crippen LogP contribution in [0.4, 0.5) is 4.39 Å². The smallest absolute Gasteiger partial charge is 0.153 e. The van der Waals surface area contributed by atoms with Gasteiger partial charge in [0.2, 0.25) is 0 Å². The lowest BCUT2D eigenvalue weighted by atomic mass is 10.3. The first-order chi connectivity index (χ1) is 6.27. The second-order valence-electron chi connectivity index (χ2n) is 2.44. The van der Waals surface area contributed by atoms with Gasteiger partial charge in [0.25, 0.3) is 0 Å². The van der Waals surface area contributed by atoms with Crippen molar-refractivity contribution in [3.8, 4) is 5.69 Å². The molecule has 0 aliphatic heterocycles. The fourth-order valence-electron chi connectivity index (χ4n) is 0.980. The Labute approximate surface area is 78.8 Å². The highest BCUT2D eigenvalue weighted by atomic mass is 35.5. The van der Waals surface area contributed by atoms with Crippen LogP contribution in [0.15, 0.2) is 30.5 Å². The SMILES string of the molecule is Fc1ccc(-n2nncc2Cl)cc1. The van der Waals surface area contributed by atoms with Crippen LogP contribution >= 0.6 is 11.6 Å². The normalized spacial score (nSPS) is 10.3. The van der Waals surface area contributed by atoms with E-state index in [9.17, 15) is 4.39 Å². The molecule has 0 saturated heterocycles. The first kappa shape index (κ1) is 8.19. The van der Waals surface area contributed by atoms with Gasteiger partial charge in [-0.15, -0.1) is 5.10 Å². The van der Waals surface area contributed by atoms with Crippen molar-refractivity contribution in [1.82, 2.24) is 15.0 Å². The van der Waals surface area contributed by atoms with Crippen molar-refractivity contribution in [3.05, 3.63) is 41.4 Å². The molecule has 3 nitrogen and oxygen atoms in total. The summed E-state index contributed by atoms with van der Waals surface area (Å²) in [5, 5.41) is 7.73. The molecule has 0 bridgehead atoms. The summed E-state index contributed by atoms with van der Waals surface area (Å²) in [7, 11) is 0. The van der Waals surface area contributed by atoms with E-state index in [1.807, 2.05) is 0 Å². The summed E-state index contributed by atoms with van der Waals surface area (Å²) >= 11 is 5.76. The molecule has 0 atom stereocenters. The standard InChI is InChI=1S/C8H5ClFN3/c9-8-5-11-12-13(8)7-3-1-6(10)2-4-7/h1-5H. The van der Waals surface area contributed by atoms with Crippen LogP contribution in [0, 0.1) is 5.82 Å². The maximum Gasteiger partial charge on any atom is 0.153 e. The zero-order chi connectivity index (χ0) is 9.26. The van der Waals surface area contributed by atoms with Gasteiger partial charge >= 0.3 is 0 Å². The quantitative estimate of drug-likeness (QED) is 0.701. The molecule has 66 valence electrons. The van der Waals surface area contributed by atoms with E-state index < -0.39 is 0 Å². The van der Waals surface area contributed by atoms with Crippen molar-refractivity contribution in [2.24, 2.45) is 0 Å². The summed E-state index contributed by atoms with van der Waals surface area (Å²) < 4.78 is 14.0. The predicted molar refractivity (Wildman–Crippen MR) is 46.3 cm³/mol. The average Bonchev–Trinajstić information content (AvgIpc) is 2.53. The molecule has 0 N–H and O–H groups in total. The van der Waals surface area contributed by atoms with Gasteiger partial charge < -0.3 is 0 Å². The third-order valence-corrected chi connectivity index (χ3v) is 1.84. The monoisotopic (exact) mass is 197 g/mol. The van der Waals surface area contributed by atoms with Crippen LogP contribution in [0.5, 0.6) is 0 Å². The average molecular weight is 198 g/mol. The molecule has 0 unspecified atom stereocenters. The second kappa shape index (κ2) is 3.14. The maximum absolute atomic E-state index is 12.6. The summed E-state index contributed by atoms with van der Waals surface area (Å²) in [5.74, 6) is -0.292. The van der Waals surface area contributed by atoms with E-state index in [1.165, 1.54) is 23.0 Å². The number of rotatable bonds is 1. The van der Waals surface area contributed by atoms with Gasteiger partial charge in [-0.05, 0) is 24.3 Å². The van der Waals surface area contributed by atoms with E-state index in [2.05, 4.69) is 10.3 Å². The fourth-order valence-corrected chi connectivity index (χ4v) is 1.15. The van der Waals surface area contributed by atoms with E-state index >= 15 is 0 Å². The number of hydrogen-bond donors (Lipinski definition) is 0. The highest BCUT2D eigenvalue weighted by Gasteiger charge is 2.02. The predicted octanol–water partition coefficient (Wildman–Crippen LogP) is 2.06. The highest BCUT2D eigenvalue weighted by Crippen LogP contribution is 2.13. The molecule has 5 heteroatoms. The molecule has 0 saturated carbocycles. The number of halogens is 2. The van der Waals surface area contributed by atoms with Crippen molar-refractivity contribution in [2.75, 3.05) is 0 Å². The molecule has 1 heterocycles. The van der Waals surface area contributed by atoms with Crippen LogP contribution in [-0.4, -0.2) is 15.0 Å². The Kier molecular flexibility index (Phi) is 1.98. The van der Waals surface area contributed by atoms with Gasteiger partial charge in [0.1, 0.15) is 5.82 Å². The van der Waals surface area contributed by atoms with Crippen molar-refractivity contribution in [2.45, 2.75) is 0 Å². The molecule has 0 amide bonds. The van der Waals surface area contributed by atoms with Gasteiger partial charge in [-0.2, -0.15) is 0 Å². The van der Waals surface area contributed by atoms with Gasteiger partial charge in [0, 0.05) is 0 Å². The molecular formula is C8H5ClFN3. The molecule has 2 rings (SSSR count). The molecule has 2 aromatic rings. The Morgan fingerprint density at radius 2 is 1.92 bits per heavy atom. The maximum atomic E-state index is 12.6. The van der Waals surface area contributed by atoms with Crippen molar-refractivity contribution >= 4 is 11.6 Å². The van der Waals surface area contributed by atoms with Gasteiger partial charge in [-0.1, -0.05) is 16.8 Å². The van der Waals surface area contributed by atoms with E-state index in [1.54, 1.807) is 12.1 Å². The first-order valence-electron chi connectivity index (χ1n) is 3.59. The first-order valence-corrected chi connectivity index (χ1v) is 3.97. The van der Waals surface area contributed by atoms with Gasteiger partial charge in [-0.25, -0.2) is 9.07 Å². The molecule has 13 heavy (non-hydrogen) atoms. The molecule has 0 radical (unpaired) electrons. The third-order valence-electron chi connectivity index (χ3n) is 1.58. The summed E-state index contributed by atoms with van der Waals surface area (Å²) in [5.41, 5.74) is 0.684. The summed E-state index contributed by atoms with van der Waals surface area (Å²) in [6.07, 6.45) is 1.42. The van der Waals surface area contributed by atoms with Crippen LogP contribution in [0.1, 0.15) is 0 Å². The Hall–Kier alpha value is -1.42. The lowest BCUT2D eigenvalue weighted by molar-refractivity contribution is 0.626. The minimum Gasteiger partial charge on any atom is -0.207 e. The highest BCUT2D eigenvalue weighted by molar-refractivity contribution is 6.29. The Morgan fingerprint density at radius 1 is 1.23 bits per heavy atom. The zero-order valence-corrected chi connectivity index (χ0v) is 7.24. The minimum atomic E-state index is -0.292. The number of hydrogen-bond acceptors (Lipinski definition) is 2. The van der Waals surface area contributed by atoms with Gasteiger partial charge in [-0.3, -0.25) is 0 Å². The number of aromatic nitrogens is 3. The molecule has 0 fully saturated rings. The van der Waals surface area contributed by atoms with E-state index in [0.29, 0.717) is 10.8 Å². The Balaban J connectivity index is 2.47. The van der Waals surface area contributed by atoms with Crippen molar-refractivity contribution in [3.63, 3.8) is 0 Å². The van der Waals surface area contributed by atoms with E-state index in [0.717, 1.165) is 0 Å². The van der Waals surface area contributed by atoms with Gasteiger partial charge in [0.15, 0.2) is 5.15 Å². The summed E-state index contributed by atoms with van der Waals surface area (Å²) in [6.45, 7) is 0. The summed E-state index contributed by atoms with van der Waals surface area (Å²) in [4.78, 5) is 0. The van der Waals surface area contributed by atoms with E-state index in [-0.39, 0.29) is 5.82 Å². The van der Waals surface area contributed by atoms with Crippen LogP contribution in [0.2, 0.25) is 5.15 Å². The van der Waals surface area contributed by atoms with Crippen LogP contribution < -0.4 is 0 Å². The van der Waals surface area contributed by atoms with Crippen molar-refractivity contribution < 1.29 is 4.39 Å². The lowest BCUT2D eigenvalue weighted by Crippen LogP contribution is -1.96. The summed E-state index contributed by atoms with van der Waals surface area (Å²) in [6, 6.07) is 5.84. The Bertz CT molecular complexity index is 410. The number of benzene rings is 1. The minimum absolute atomic E-state index is 0.292. The van der Waals surface area contributed by atoms with E-state index in [4.69, 9.17) is 11.6 Å². The molecular weight excluding hydrogens is 193 g/mol. The molecule has 0 aliphatic carbocycles. The second-order valence-corrected chi connectivity index (χ2v) is 2.83. The third kappa shape index (κ3) is 1.53. The number of nitrogens with zero attached hydrogens (tertiary/aromatic N) is 3. The molecule has 0 aliphatic rings. The van der Waals surface area contributed by atoms with Crippen LogP contribution in [0.25, 0.3) is 5.69 Å². The van der Waals surface area contributed by atoms with Crippen molar-refractivity contribution in [1.29, 1.82) is 0 Å². The Morgan fingerprint density at radius 3 is 2.46 bits per heavy atom. The zero-order valence-electron chi connectivity index (χ0n) is 6.48. The fraction of sp³-hybridized carbons (Fsp3) is 0. The molecule has 1 aromatic heterocycles. The van der Waals surface area contributed by atoms with Crippen LogP contribution in [-0.2, 0) is 0 Å².